The number of hydrogen-bond donors (Lipinski definition) is 4. The van der Waals surface area contributed by atoms with E-state index in [1.807, 2.05) is 58.9 Å². The third-order valence-corrected chi connectivity index (χ3v) is 12.0. The number of hydrogen-bond acceptors (Lipinski definition) is 14. The van der Waals surface area contributed by atoms with E-state index in [-0.39, 0.29) is 36.2 Å². The molecule has 2 heterocycles. The molecule has 2 unspecified atom stereocenters. The Balaban J connectivity index is 0.000000585. The van der Waals surface area contributed by atoms with Crippen LogP contribution in [0.1, 0.15) is 94.4 Å². The van der Waals surface area contributed by atoms with Crippen molar-refractivity contribution < 1.29 is 33.9 Å². The molecule has 2 aromatic carbocycles. The van der Waals surface area contributed by atoms with Crippen LogP contribution in [0.25, 0.3) is 28.1 Å². The number of nitrogens with zero attached hydrogens (tertiary/aromatic N) is 7. The largest absolute Gasteiger partial charge is 0.508 e. The highest BCUT2D eigenvalue weighted by Gasteiger charge is 2.27. The molecule has 0 saturated carbocycles. The van der Waals surface area contributed by atoms with Gasteiger partial charge in [0, 0.05) is 81.3 Å². The highest BCUT2D eigenvalue weighted by atomic mass is 16.7. The monoisotopic (exact) mass is 1020 g/mol. The predicted molar refractivity (Wildman–Crippen MR) is 299 cm³/mol. The van der Waals surface area contributed by atoms with E-state index >= 15 is 0 Å². The zero-order chi connectivity index (χ0) is 55.4. The molecule has 18 heteroatoms. The number of allylic oxidation sites excluding steroid dienone is 1. The molecule has 0 aliphatic carbocycles. The number of ether oxygens (including phenoxy) is 1. The number of methoxy groups -OCH3 is 1. The molecular weight excluding hydrogens is 941 g/mol. The van der Waals surface area contributed by atoms with E-state index in [1.54, 1.807) is 49.7 Å². The summed E-state index contributed by atoms with van der Waals surface area (Å²) in [5.41, 5.74) is 14.1. The Hall–Kier alpha value is -6.86. The zero-order valence-corrected chi connectivity index (χ0v) is 45.8. The number of anilines is 1. The Morgan fingerprint density at radius 3 is 2.30 bits per heavy atom. The average Bonchev–Trinajstić information content (AvgIpc) is 3.65. The minimum absolute atomic E-state index is 0.0203. The fraction of sp³-hybridized carbons (Fsp3) is 0.464. The topological polar surface area (TPSA) is 226 Å². The average molecular weight is 1020 g/mol. The van der Waals surface area contributed by atoms with Crippen molar-refractivity contribution in [2.24, 2.45) is 27.4 Å². The number of carbonyl (C=O) groups is 4. The summed E-state index contributed by atoms with van der Waals surface area (Å²) in [4.78, 5) is 73.8. The minimum atomic E-state index is -0.492. The molecule has 0 aliphatic rings. The van der Waals surface area contributed by atoms with Crippen molar-refractivity contribution in [3.8, 4) is 16.9 Å². The number of carbonyl (C=O) groups excluding carboxylic acids is 4. The van der Waals surface area contributed by atoms with Gasteiger partial charge in [-0.3, -0.25) is 24.8 Å². The zero-order valence-electron chi connectivity index (χ0n) is 45.8. The molecule has 5 N–H and O–H groups in total. The van der Waals surface area contributed by atoms with E-state index < -0.39 is 11.5 Å². The quantitative estimate of drug-likeness (QED) is 0.0100. The lowest BCUT2D eigenvalue weighted by atomic mass is 9.85. The lowest BCUT2D eigenvalue weighted by Gasteiger charge is -2.26. The number of aryl methyl sites for hydroxylation is 2. The second kappa shape index (κ2) is 33.1. The lowest BCUT2D eigenvalue weighted by Crippen LogP contribution is -2.41. The van der Waals surface area contributed by atoms with Crippen LogP contribution in [0.3, 0.4) is 0 Å². The summed E-state index contributed by atoms with van der Waals surface area (Å²) >= 11 is 0. The van der Waals surface area contributed by atoms with Gasteiger partial charge >= 0.3 is 0 Å². The van der Waals surface area contributed by atoms with Gasteiger partial charge < -0.3 is 44.9 Å². The molecule has 0 radical (unpaired) electrons. The van der Waals surface area contributed by atoms with Gasteiger partial charge in [-0.05, 0) is 131 Å². The van der Waals surface area contributed by atoms with Crippen LogP contribution in [0.5, 0.6) is 5.75 Å². The van der Waals surface area contributed by atoms with Gasteiger partial charge in [0.05, 0.1) is 23.4 Å². The maximum Gasteiger partial charge on any atom is 0.255 e. The summed E-state index contributed by atoms with van der Waals surface area (Å²) in [6.07, 6.45) is 16.8. The Bertz CT molecular complexity index is 2500. The first-order valence-corrected chi connectivity index (χ1v) is 24.9. The second-order valence-corrected chi connectivity index (χ2v) is 19.1. The maximum absolute atomic E-state index is 12.4. The fourth-order valence-corrected chi connectivity index (χ4v) is 8.04. The number of aromatic hydroxyl groups is 1. The van der Waals surface area contributed by atoms with Crippen LogP contribution >= 0.6 is 0 Å². The first-order valence-electron chi connectivity index (χ1n) is 24.9. The van der Waals surface area contributed by atoms with Gasteiger partial charge in [-0.25, -0.2) is 9.99 Å². The van der Waals surface area contributed by atoms with E-state index in [2.05, 4.69) is 94.1 Å². The van der Waals surface area contributed by atoms with Crippen LogP contribution in [0.2, 0.25) is 0 Å². The molecule has 2 atom stereocenters. The third kappa shape index (κ3) is 20.6. The number of nitrogens with one attached hydrogen (secondary N) is 2. The van der Waals surface area contributed by atoms with Crippen molar-refractivity contribution in [2.45, 2.75) is 98.8 Å². The predicted octanol–water partition coefficient (Wildman–Crippen LogP) is 8.64. The van der Waals surface area contributed by atoms with Crippen LogP contribution in [0, 0.1) is 16.2 Å². The van der Waals surface area contributed by atoms with Gasteiger partial charge in [0.2, 0.25) is 12.3 Å². The molecule has 4 aromatic rings. The van der Waals surface area contributed by atoms with Gasteiger partial charge in [-0.1, -0.05) is 71.4 Å². The number of aromatic nitrogens is 2. The Labute approximate surface area is 438 Å². The van der Waals surface area contributed by atoms with Crippen LogP contribution in [0.15, 0.2) is 95.6 Å². The van der Waals surface area contributed by atoms with Crippen molar-refractivity contribution in [3.05, 3.63) is 113 Å². The number of nitrogens with two attached hydrogens (primary N) is 1. The van der Waals surface area contributed by atoms with E-state index in [9.17, 15) is 29.2 Å². The van der Waals surface area contributed by atoms with Crippen molar-refractivity contribution in [1.29, 1.82) is 0 Å². The Morgan fingerprint density at radius 2 is 1.70 bits per heavy atom. The number of pyridine rings is 1. The van der Waals surface area contributed by atoms with Crippen molar-refractivity contribution in [3.63, 3.8) is 0 Å². The molecular formula is C56H82N10O8. The third-order valence-electron chi connectivity index (χ3n) is 12.0. The highest BCUT2D eigenvalue weighted by molar-refractivity contribution is 5.99. The van der Waals surface area contributed by atoms with Gasteiger partial charge in [0.25, 0.3) is 5.91 Å². The number of benzene rings is 2. The summed E-state index contributed by atoms with van der Waals surface area (Å²) in [7, 11) is 10.4. The first-order chi connectivity index (χ1) is 35.3. The van der Waals surface area contributed by atoms with Gasteiger partial charge in [0.15, 0.2) is 5.34 Å². The van der Waals surface area contributed by atoms with E-state index in [1.165, 1.54) is 24.2 Å². The number of rotatable bonds is 29. The number of amides is 3. The van der Waals surface area contributed by atoms with Crippen molar-refractivity contribution in [1.82, 2.24) is 29.8 Å². The molecule has 74 heavy (non-hydrogen) atoms. The molecule has 0 spiro atoms. The van der Waals surface area contributed by atoms with E-state index in [0.717, 1.165) is 96.0 Å². The summed E-state index contributed by atoms with van der Waals surface area (Å²) in [5.74, 6) is 0.0434. The molecule has 4 rings (SSSR count). The summed E-state index contributed by atoms with van der Waals surface area (Å²) in [6.45, 7) is 18.1. The fourth-order valence-electron chi connectivity index (χ4n) is 8.04. The summed E-state index contributed by atoms with van der Waals surface area (Å²) in [5, 5.41) is 18.9. The normalized spacial score (nSPS) is 12.5. The van der Waals surface area contributed by atoms with Crippen LogP contribution in [-0.4, -0.2) is 134 Å². The molecule has 0 bridgehead atoms. The molecule has 18 nitrogen and oxygen atoms in total. The van der Waals surface area contributed by atoms with Gasteiger partial charge in [-0.15, -0.1) is 4.91 Å². The van der Waals surface area contributed by atoms with E-state index in [4.69, 9.17) is 9.57 Å². The number of unbranched alkanes of at least 4 members (excludes halogenated alkanes) is 3. The lowest BCUT2D eigenvalue weighted by molar-refractivity contribution is -0.113. The molecule has 0 fully saturated rings. The van der Waals surface area contributed by atoms with Gasteiger partial charge in [0.1, 0.15) is 24.5 Å². The first kappa shape index (κ1) is 63.3. The Morgan fingerprint density at radius 1 is 0.986 bits per heavy atom. The number of likely N-dealkylation sites (N-methyl/N-ethyl adjacent to an activating group) is 2. The second-order valence-electron chi connectivity index (χ2n) is 19.1. The summed E-state index contributed by atoms with van der Waals surface area (Å²) in [6, 6.07) is 14.9. The van der Waals surface area contributed by atoms with Crippen LogP contribution < -0.4 is 16.5 Å². The van der Waals surface area contributed by atoms with Crippen molar-refractivity contribution >= 4 is 53.5 Å². The molecule has 404 valence electrons. The number of hydrazine groups is 1. The SMILES string of the molecule is C=CC=N/C(=C/c1c(CC(C)(C)CON=O)c2cc(-c3cc(O)cc(CCCCCCN(C)NC=O)c3)ccc2n1CC)C(C)OC.CC(C)C(C=O)N(C)C(=O)c1ccc(NC(=O)/C=C/CN(C)C)nc1.CN. The number of fused-ring (bicyclic) bond motifs is 1. The highest BCUT2D eigenvalue weighted by Crippen LogP contribution is 2.37. The number of phenolic OH excluding ortho intramolecular Hbond substituents is 1. The Kier molecular flexibility index (Phi) is 28.3. The minimum Gasteiger partial charge on any atom is -0.508 e. The molecule has 0 aliphatic heterocycles. The van der Waals surface area contributed by atoms with Crippen LogP contribution in [-0.2, 0) is 43.3 Å². The molecule has 2 aromatic heterocycles. The maximum atomic E-state index is 12.4. The van der Waals surface area contributed by atoms with E-state index in [0.29, 0.717) is 30.8 Å². The van der Waals surface area contributed by atoms with Crippen molar-refractivity contribution in [2.75, 3.05) is 67.4 Å². The summed E-state index contributed by atoms with van der Waals surface area (Å²) < 4.78 is 7.93. The number of phenols is 1. The number of aliphatic imine (C=N–C) groups is 1. The smallest absolute Gasteiger partial charge is 0.255 e. The van der Waals surface area contributed by atoms with Crippen LogP contribution in [0.4, 0.5) is 5.82 Å². The molecule has 3 amide bonds. The number of aldehydes is 1. The standard InChI is InChI=1S/C37H51N5O5.C18H26N4O3.CH5N/c1-8-17-38-34(27(3)46-7)23-36-33(24-37(4,5)25-47-40-45)32-22-29(15-16-35(32)42(36)9-2)30-19-28(20-31(44)21-30)14-12-10-11-13-18-41(6)39-26-43;1-13(2)15(12-23)22(5)18(25)14-8-9-16(19-11-14)20-17(24)7-6-10-21(3)4;1-2/h8,15-17,19-23,26-27,44H,1,9-14,18,24-25H2,2-7H3,(H,39,43);6-9,11-13,15H,10H2,1-5H3,(H,19,20,24);2H2,1H3/b34-23+,38-17?;7-6+;. The van der Waals surface area contributed by atoms with Gasteiger partial charge in [-0.2, -0.15) is 0 Å². The molecule has 0 saturated heterocycles.